The molecule has 0 bridgehead atoms. The normalized spacial score (nSPS) is 10.3. The van der Waals surface area contributed by atoms with E-state index < -0.39 is 0 Å². The van der Waals surface area contributed by atoms with Crippen LogP contribution in [0.2, 0.25) is 0 Å². The number of carbonyl (C=O) groups is 1. The second-order valence-corrected chi connectivity index (χ2v) is 3.21. The highest BCUT2D eigenvalue weighted by Crippen LogP contribution is 2.07. The highest BCUT2D eigenvalue weighted by atomic mass is 16.1. The summed E-state index contributed by atoms with van der Waals surface area (Å²) >= 11 is 0. The van der Waals surface area contributed by atoms with E-state index in [1.807, 2.05) is 13.0 Å². The van der Waals surface area contributed by atoms with Gasteiger partial charge in [-0.05, 0) is 33.3 Å². The van der Waals surface area contributed by atoms with E-state index >= 15 is 0 Å². The van der Waals surface area contributed by atoms with Gasteiger partial charge in [-0.2, -0.15) is 0 Å². The van der Waals surface area contributed by atoms with Gasteiger partial charge in [0.05, 0.1) is 0 Å². The van der Waals surface area contributed by atoms with Crippen LogP contribution in [0, 0.1) is 0 Å². The summed E-state index contributed by atoms with van der Waals surface area (Å²) in [7, 11) is 0. The van der Waals surface area contributed by atoms with Crippen LogP contribution < -0.4 is 0 Å². The molecule has 1 heteroatoms. The van der Waals surface area contributed by atoms with Crippen molar-refractivity contribution in [3.8, 4) is 0 Å². The van der Waals surface area contributed by atoms with Crippen LogP contribution in [-0.4, -0.2) is 5.78 Å². The molecule has 0 radical (unpaired) electrons. The molecule has 0 aromatic heterocycles. The molecule has 0 N–H and O–H groups in total. The zero-order chi connectivity index (χ0) is 9.56. The molecule has 0 aromatic rings. The second-order valence-electron chi connectivity index (χ2n) is 3.21. The lowest BCUT2D eigenvalue weighted by molar-refractivity contribution is -0.114. The van der Waals surface area contributed by atoms with Crippen LogP contribution in [0.5, 0.6) is 0 Å². The second kappa shape index (κ2) is 5.76. The third-order valence-electron chi connectivity index (χ3n) is 1.93. The molecule has 0 unspecified atom stereocenters. The smallest absolute Gasteiger partial charge is 0.155 e. The maximum atomic E-state index is 10.9. The molecule has 1 nitrogen and oxygen atoms in total. The van der Waals surface area contributed by atoms with Gasteiger partial charge in [0.2, 0.25) is 0 Å². The van der Waals surface area contributed by atoms with Gasteiger partial charge < -0.3 is 0 Å². The maximum Gasteiger partial charge on any atom is 0.155 e. The molecule has 0 saturated carbocycles. The molecule has 0 heterocycles. The van der Waals surface area contributed by atoms with Crippen molar-refractivity contribution in [1.82, 2.24) is 0 Å². The van der Waals surface area contributed by atoms with E-state index in [9.17, 15) is 4.79 Å². The van der Waals surface area contributed by atoms with E-state index in [0.29, 0.717) is 6.42 Å². The van der Waals surface area contributed by atoms with Crippen molar-refractivity contribution >= 4 is 5.78 Å². The SMILES string of the molecule is CCC(=O)/C=C/CC(C)=C(C)C. The Labute approximate surface area is 75.2 Å². The van der Waals surface area contributed by atoms with Crippen LogP contribution in [0.3, 0.4) is 0 Å². The first-order chi connectivity index (χ1) is 5.57. The molecule has 0 aromatic carbocycles. The number of hydrogen-bond acceptors (Lipinski definition) is 1. The van der Waals surface area contributed by atoms with E-state index in [1.165, 1.54) is 11.1 Å². The van der Waals surface area contributed by atoms with Gasteiger partial charge in [-0.15, -0.1) is 0 Å². The average molecular weight is 166 g/mol. The Kier molecular flexibility index (Phi) is 5.35. The molecule has 12 heavy (non-hydrogen) atoms. The van der Waals surface area contributed by atoms with Gasteiger partial charge in [-0.1, -0.05) is 24.1 Å². The minimum atomic E-state index is 0.205. The third kappa shape index (κ3) is 4.89. The molecular weight excluding hydrogens is 148 g/mol. The number of ketones is 1. The van der Waals surface area contributed by atoms with Gasteiger partial charge in [0.1, 0.15) is 0 Å². The average Bonchev–Trinajstić information content (AvgIpc) is 2.03. The van der Waals surface area contributed by atoms with E-state index in [2.05, 4.69) is 20.8 Å². The lowest BCUT2D eigenvalue weighted by Gasteiger charge is -1.97. The number of carbonyl (C=O) groups excluding carboxylic acids is 1. The summed E-state index contributed by atoms with van der Waals surface area (Å²) in [5, 5.41) is 0. The Morgan fingerprint density at radius 3 is 2.25 bits per heavy atom. The van der Waals surface area contributed by atoms with Crippen molar-refractivity contribution < 1.29 is 4.79 Å². The molecule has 0 saturated heterocycles. The topological polar surface area (TPSA) is 17.1 Å². The van der Waals surface area contributed by atoms with Crippen molar-refractivity contribution in [2.45, 2.75) is 40.5 Å². The molecule has 0 aliphatic carbocycles. The predicted molar refractivity (Wildman–Crippen MR) is 53.1 cm³/mol. The maximum absolute atomic E-state index is 10.9. The number of allylic oxidation sites excluding steroid dienone is 4. The van der Waals surface area contributed by atoms with Crippen LogP contribution in [-0.2, 0) is 4.79 Å². The first kappa shape index (κ1) is 11.2. The quantitative estimate of drug-likeness (QED) is 0.462. The standard InChI is InChI=1S/C11H18O/c1-5-11(12)8-6-7-10(4)9(2)3/h6,8H,5,7H2,1-4H3/b8-6+. The van der Waals surface area contributed by atoms with Gasteiger partial charge in [-0.3, -0.25) is 4.79 Å². The Morgan fingerprint density at radius 2 is 1.83 bits per heavy atom. The molecular formula is C11H18O. The number of hydrogen-bond donors (Lipinski definition) is 0. The summed E-state index contributed by atoms with van der Waals surface area (Å²) < 4.78 is 0. The lowest BCUT2D eigenvalue weighted by Crippen LogP contribution is -1.87. The zero-order valence-corrected chi connectivity index (χ0v) is 8.48. The van der Waals surface area contributed by atoms with Crippen molar-refractivity contribution in [1.29, 1.82) is 0 Å². The Morgan fingerprint density at radius 1 is 1.25 bits per heavy atom. The summed E-state index contributed by atoms with van der Waals surface area (Å²) in [5.41, 5.74) is 2.68. The predicted octanol–water partition coefficient (Wildman–Crippen LogP) is 3.27. The van der Waals surface area contributed by atoms with Crippen molar-refractivity contribution in [2.75, 3.05) is 0 Å². The Hall–Kier alpha value is -0.850. The molecule has 0 atom stereocenters. The fourth-order valence-electron chi connectivity index (χ4n) is 0.689. The lowest BCUT2D eigenvalue weighted by atomic mass is 10.1. The number of rotatable bonds is 4. The summed E-state index contributed by atoms with van der Waals surface area (Å²) in [6, 6.07) is 0. The summed E-state index contributed by atoms with van der Waals surface area (Å²) in [4.78, 5) is 10.9. The molecule has 0 amide bonds. The minimum absolute atomic E-state index is 0.205. The summed E-state index contributed by atoms with van der Waals surface area (Å²) in [5.74, 6) is 0.205. The monoisotopic (exact) mass is 166 g/mol. The largest absolute Gasteiger partial charge is 0.295 e. The van der Waals surface area contributed by atoms with E-state index in [-0.39, 0.29) is 5.78 Å². The minimum Gasteiger partial charge on any atom is -0.295 e. The van der Waals surface area contributed by atoms with Gasteiger partial charge >= 0.3 is 0 Å². The summed E-state index contributed by atoms with van der Waals surface area (Å²) in [6.45, 7) is 8.15. The van der Waals surface area contributed by atoms with Crippen molar-refractivity contribution in [3.05, 3.63) is 23.3 Å². The van der Waals surface area contributed by atoms with Crippen LogP contribution >= 0.6 is 0 Å². The molecule has 0 aliphatic heterocycles. The fourth-order valence-corrected chi connectivity index (χ4v) is 0.689. The fraction of sp³-hybridized carbons (Fsp3) is 0.545. The highest BCUT2D eigenvalue weighted by molar-refractivity contribution is 5.89. The van der Waals surface area contributed by atoms with E-state index in [0.717, 1.165) is 6.42 Å². The molecule has 0 aliphatic rings. The van der Waals surface area contributed by atoms with Gasteiger partial charge in [0, 0.05) is 6.42 Å². The summed E-state index contributed by atoms with van der Waals surface area (Å²) in [6.07, 6.45) is 5.11. The zero-order valence-electron chi connectivity index (χ0n) is 8.48. The van der Waals surface area contributed by atoms with Crippen LogP contribution in [0.4, 0.5) is 0 Å². The van der Waals surface area contributed by atoms with Crippen LogP contribution in [0.15, 0.2) is 23.3 Å². The van der Waals surface area contributed by atoms with Gasteiger partial charge in [0.15, 0.2) is 5.78 Å². The first-order valence-electron chi connectivity index (χ1n) is 4.40. The van der Waals surface area contributed by atoms with E-state index in [1.54, 1.807) is 6.08 Å². The Balaban J connectivity index is 3.92. The van der Waals surface area contributed by atoms with Gasteiger partial charge in [-0.25, -0.2) is 0 Å². The van der Waals surface area contributed by atoms with Crippen LogP contribution in [0.25, 0.3) is 0 Å². The highest BCUT2D eigenvalue weighted by Gasteiger charge is 1.90. The Bertz CT molecular complexity index is 205. The van der Waals surface area contributed by atoms with Gasteiger partial charge in [0.25, 0.3) is 0 Å². The van der Waals surface area contributed by atoms with Crippen molar-refractivity contribution in [2.24, 2.45) is 0 Å². The molecule has 0 rings (SSSR count). The van der Waals surface area contributed by atoms with Crippen molar-refractivity contribution in [3.63, 3.8) is 0 Å². The third-order valence-corrected chi connectivity index (χ3v) is 1.93. The van der Waals surface area contributed by atoms with E-state index in [4.69, 9.17) is 0 Å². The molecule has 68 valence electrons. The molecule has 0 spiro atoms. The van der Waals surface area contributed by atoms with Crippen LogP contribution in [0.1, 0.15) is 40.5 Å². The molecule has 0 fully saturated rings. The first-order valence-corrected chi connectivity index (χ1v) is 4.40.